The summed E-state index contributed by atoms with van der Waals surface area (Å²) in [4.78, 5) is 5.28. The molecule has 61 heavy (non-hydrogen) atoms. The van der Waals surface area contributed by atoms with E-state index in [-0.39, 0.29) is 0 Å². The Kier molecular flexibility index (Phi) is 11.8. The van der Waals surface area contributed by atoms with Gasteiger partial charge in [0.15, 0.2) is 0 Å². The number of pyridine rings is 1. The van der Waals surface area contributed by atoms with Crippen LogP contribution in [0.2, 0.25) is 0 Å². The molecule has 0 fully saturated rings. The van der Waals surface area contributed by atoms with Gasteiger partial charge < -0.3 is 4.74 Å². The highest BCUT2D eigenvalue weighted by molar-refractivity contribution is 5.96. The summed E-state index contributed by atoms with van der Waals surface area (Å²) in [6, 6.07) is 45.4. The Hall–Kier alpha value is -7.03. The Morgan fingerprint density at radius 2 is 1.46 bits per heavy atom. The predicted octanol–water partition coefficient (Wildman–Crippen LogP) is 16.1. The van der Waals surface area contributed by atoms with Crippen molar-refractivity contribution in [3.05, 3.63) is 244 Å². The number of benzene rings is 5. The Morgan fingerprint density at radius 1 is 0.721 bits per heavy atom. The summed E-state index contributed by atoms with van der Waals surface area (Å²) in [5.41, 5.74) is 19.0. The third kappa shape index (κ3) is 7.55. The summed E-state index contributed by atoms with van der Waals surface area (Å²) in [5, 5.41) is 0. The standard InChI is InChI=1S/C59H53NO/c1-8-12-29-51-42(7)59(53-31-18-17-30-52(51)53)50(37-48-33-34-57(41(6)58(48)59)61-56-32-19-16-24-40(56)5)36-45(23-11-4)46-27-20-28-47(35-46)55-39-49(43-25-14-13-15-26-43)38-54(60-55)44(21-9-2)22-10-3/h9-39H,2,8H2,1,3-7H3/b22-10-,23-11-,29-12-,44-21+,45-36+. The predicted molar refractivity (Wildman–Crippen MR) is 261 cm³/mol. The highest BCUT2D eigenvalue weighted by Crippen LogP contribution is 2.61. The molecule has 0 bridgehead atoms. The van der Waals surface area contributed by atoms with E-state index >= 15 is 0 Å². The number of aryl methyl sites for hydroxylation is 1. The molecule has 300 valence electrons. The molecule has 0 saturated carbocycles. The maximum absolute atomic E-state index is 6.75. The minimum Gasteiger partial charge on any atom is -0.457 e. The number of hydrogen-bond acceptors (Lipinski definition) is 2. The molecular formula is C59H53NO. The van der Waals surface area contributed by atoms with E-state index in [0.717, 1.165) is 73.8 Å². The first-order valence-corrected chi connectivity index (χ1v) is 21.4. The van der Waals surface area contributed by atoms with Crippen molar-refractivity contribution >= 4 is 22.8 Å². The third-order valence-electron chi connectivity index (χ3n) is 12.0. The number of hydrogen-bond donors (Lipinski definition) is 0. The van der Waals surface area contributed by atoms with E-state index in [0.29, 0.717) is 0 Å². The normalized spacial score (nSPS) is 16.3. The molecular weight excluding hydrogens is 739 g/mol. The minimum atomic E-state index is -0.528. The fraction of sp³-hybridized carbons (Fsp3) is 0.136. The molecule has 2 aliphatic rings. The molecule has 1 unspecified atom stereocenters. The van der Waals surface area contributed by atoms with Gasteiger partial charge in [0.1, 0.15) is 11.5 Å². The van der Waals surface area contributed by atoms with Crippen LogP contribution in [0.4, 0.5) is 0 Å². The Morgan fingerprint density at radius 3 is 2.23 bits per heavy atom. The summed E-state index contributed by atoms with van der Waals surface area (Å²) in [7, 11) is 0. The monoisotopic (exact) mass is 791 g/mol. The SMILES string of the molecule is C=C/C=C(\C=C/C)c1cc(-c2ccccc2)cc(-c2cccc(C(/C=C\C)=C/C3=Cc4ccc(Oc5ccccc5C)c(C)c4C34C(C)=C(/C=C\CC)c3ccccc34)c2)n1. The summed E-state index contributed by atoms with van der Waals surface area (Å²) in [5.74, 6) is 1.75. The van der Waals surface area contributed by atoms with Gasteiger partial charge in [-0.2, -0.15) is 0 Å². The van der Waals surface area contributed by atoms with Crippen molar-refractivity contribution in [1.82, 2.24) is 4.98 Å². The van der Waals surface area contributed by atoms with Crippen molar-refractivity contribution in [3.8, 4) is 33.9 Å². The number of ether oxygens (including phenoxy) is 1. The summed E-state index contributed by atoms with van der Waals surface area (Å²) in [6.07, 6.45) is 22.8. The number of para-hydroxylation sites is 1. The van der Waals surface area contributed by atoms with Gasteiger partial charge in [0.2, 0.25) is 0 Å². The van der Waals surface area contributed by atoms with Crippen LogP contribution >= 0.6 is 0 Å². The van der Waals surface area contributed by atoms with Crippen LogP contribution in [0, 0.1) is 13.8 Å². The van der Waals surface area contributed by atoms with Crippen LogP contribution in [-0.2, 0) is 5.41 Å². The van der Waals surface area contributed by atoms with Gasteiger partial charge in [-0.3, -0.25) is 0 Å². The average Bonchev–Trinajstić information content (AvgIpc) is 3.75. The molecule has 2 nitrogen and oxygen atoms in total. The summed E-state index contributed by atoms with van der Waals surface area (Å²) in [6.45, 7) is 17.0. The van der Waals surface area contributed by atoms with E-state index in [1.54, 1.807) is 0 Å². The van der Waals surface area contributed by atoms with Gasteiger partial charge in [-0.25, -0.2) is 4.98 Å². The molecule has 1 atom stereocenters. The van der Waals surface area contributed by atoms with Gasteiger partial charge in [-0.15, -0.1) is 0 Å². The zero-order valence-electron chi connectivity index (χ0n) is 36.2. The molecule has 2 heteroatoms. The second-order valence-corrected chi connectivity index (χ2v) is 15.8. The van der Waals surface area contributed by atoms with Gasteiger partial charge in [0.05, 0.1) is 16.8 Å². The number of fused-ring (bicyclic) bond motifs is 4. The van der Waals surface area contributed by atoms with Crippen LogP contribution < -0.4 is 4.74 Å². The second-order valence-electron chi connectivity index (χ2n) is 15.8. The quantitative estimate of drug-likeness (QED) is 0.115. The highest BCUT2D eigenvalue weighted by Gasteiger charge is 2.50. The number of nitrogens with zero attached hydrogens (tertiary/aromatic N) is 1. The average molecular weight is 792 g/mol. The van der Waals surface area contributed by atoms with Crippen LogP contribution in [-0.4, -0.2) is 4.98 Å². The van der Waals surface area contributed by atoms with Crippen molar-refractivity contribution in [2.24, 2.45) is 0 Å². The van der Waals surface area contributed by atoms with Gasteiger partial charge in [-0.1, -0.05) is 159 Å². The summed E-state index contributed by atoms with van der Waals surface area (Å²) < 4.78 is 6.75. The van der Waals surface area contributed by atoms with Crippen LogP contribution in [0.25, 0.3) is 45.2 Å². The lowest BCUT2D eigenvalue weighted by atomic mass is 9.67. The molecule has 0 aliphatic heterocycles. The van der Waals surface area contributed by atoms with Crippen LogP contribution in [0.3, 0.4) is 0 Å². The Bertz CT molecular complexity index is 2870. The molecule has 8 rings (SSSR count). The minimum absolute atomic E-state index is 0.528. The molecule has 6 aromatic rings. The number of aromatic nitrogens is 1. The molecule has 0 N–H and O–H groups in total. The molecule has 0 saturated heterocycles. The molecule has 1 aromatic heterocycles. The molecule has 0 radical (unpaired) electrons. The zero-order chi connectivity index (χ0) is 42.5. The topological polar surface area (TPSA) is 22.1 Å². The molecule has 1 spiro atoms. The van der Waals surface area contributed by atoms with Crippen molar-refractivity contribution in [1.29, 1.82) is 0 Å². The third-order valence-corrected chi connectivity index (χ3v) is 12.0. The first-order valence-electron chi connectivity index (χ1n) is 21.4. The van der Waals surface area contributed by atoms with Crippen LogP contribution in [0.15, 0.2) is 200 Å². The van der Waals surface area contributed by atoms with E-state index in [4.69, 9.17) is 9.72 Å². The lowest BCUT2D eigenvalue weighted by molar-refractivity contribution is 0.473. The second kappa shape index (κ2) is 17.7. The van der Waals surface area contributed by atoms with Crippen LogP contribution in [0.1, 0.15) is 78.8 Å². The van der Waals surface area contributed by atoms with E-state index in [9.17, 15) is 0 Å². The van der Waals surface area contributed by atoms with Crippen molar-refractivity contribution in [2.45, 2.75) is 53.4 Å². The van der Waals surface area contributed by atoms with Crippen molar-refractivity contribution in [2.75, 3.05) is 0 Å². The van der Waals surface area contributed by atoms with Gasteiger partial charge in [-0.05, 0) is 161 Å². The van der Waals surface area contributed by atoms with Gasteiger partial charge in [0.25, 0.3) is 0 Å². The first kappa shape index (κ1) is 40.7. The fourth-order valence-corrected chi connectivity index (χ4v) is 9.19. The smallest absolute Gasteiger partial charge is 0.130 e. The van der Waals surface area contributed by atoms with Crippen molar-refractivity contribution in [3.63, 3.8) is 0 Å². The Labute approximate surface area is 362 Å². The molecule has 5 aromatic carbocycles. The Balaban J connectivity index is 1.32. The zero-order valence-corrected chi connectivity index (χ0v) is 36.2. The van der Waals surface area contributed by atoms with E-state index in [1.807, 2.05) is 31.2 Å². The number of allylic oxidation sites excluding steroid dienone is 14. The van der Waals surface area contributed by atoms with E-state index in [1.165, 1.54) is 39.0 Å². The molecule has 1 heterocycles. The maximum atomic E-state index is 6.75. The van der Waals surface area contributed by atoms with E-state index in [2.05, 4.69) is 205 Å². The first-order chi connectivity index (χ1) is 29.8. The van der Waals surface area contributed by atoms with Crippen LogP contribution in [0.5, 0.6) is 11.5 Å². The lowest BCUT2D eigenvalue weighted by Gasteiger charge is -2.34. The van der Waals surface area contributed by atoms with E-state index < -0.39 is 5.41 Å². The highest BCUT2D eigenvalue weighted by atomic mass is 16.5. The molecule has 0 amide bonds. The lowest BCUT2D eigenvalue weighted by Crippen LogP contribution is -2.28. The maximum Gasteiger partial charge on any atom is 0.130 e. The van der Waals surface area contributed by atoms with Crippen molar-refractivity contribution < 1.29 is 4.74 Å². The number of rotatable bonds is 12. The van der Waals surface area contributed by atoms with Gasteiger partial charge in [0, 0.05) is 5.56 Å². The fourth-order valence-electron chi connectivity index (χ4n) is 9.19. The summed E-state index contributed by atoms with van der Waals surface area (Å²) >= 11 is 0. The van der Waals surface area contributed by atoms with Gasteiger partial charge >= 0.3 is 0 Å². The molecule has 2 aliphatic carbocycles. The largest absolute Gasteiger partial charge is 0.457 e.